The van der Waals surface area contributed by atoms with Gasteiger partial charge in [0.2, 0.25) is 0 Å². The van der Waals surface area contributed by atoms with Crippen molar-refractivity contribution in [2.24, 2.45) is 0 Å². The molecule has 0 saturated carbocycles. The lowest BCUT2D eigenvalue weighted by molar-refractivity contribution is -0.120. The van der Waals surface area contributed by atoms with Crippen molar-refractivity contribution in [3.8, 4) is 11.5 Å². The van der Waals surface area contributed by atoms with E-state index >= 15 is 0 Å². The van der Waals surface area contributed by atoms with Crippen LogP contribution in [0.25, 0.3) is 0 Å². The first-order valence-corrected chi connectivity index (χ1v) is 7.27. The Kier molecular flexibility index (Phi) is 2.74. The summed E-state index contributed by atoms with van der Waals surface area (Å²) in [5.74, 6) is 0.684. The minimum absolute atomic E-state index is 0.197. The topological polar surface area (TPSA) is 55.8 Å². The number of para-hydroxylation sites is 1. The number of nitrogens with zero attached hydrogens (tertiary/aromatic N) is 1. The number of hydrogen-bond acceptors (Lipinski definition) is 4. The molecule has 21 heavy (non-hydrogen) atoms. The van der Waals surface area contributed by atoms with E-state index in [1.54, 1.807) is 18.2 Å². The first kappa shape index (κ1) is 12.4. The van der Waals surface area contributed by atoms with Gasteiger partial charge in [-0.1, -0.05) is 6.07 Å². The van der Waals surface area contributed by atoms with E-state index in [4.69, 9.17) is 9.47 Å². The number of benzene rings is 1. The fourth-order valence-electron chi connectivity index (χ4n) is 3.19. The van der Waals surface area contributed by atoms with Gasteiger partial charge in [-0.05, 0) is 37.8 Å². The standard InChI is InChI=1S/C16H15NO4/c18-15-10-4-1-2-5-11(10)16(19)17(15)12-6-3-7-13-14(12)21-9-8-20-13/h3,6-7H,1-2,4-5,8-9H2. The molecule has 0 fully saturated rings. The summed E-state index contributed by atoms with van der Waals surface area (Å²) in [6.45, 7) is 0.903. The smallest absolute Gasteiger partial charge is 0.261 e. The predicted octanol–water partition coefficient (Wildman–Crippen LogP) is 2.20. The number of imide groups is 1. The lowest BCUT2D eigenvalue weighted by atomic mass is 9.93. The van der Waals surface area contributed by atoms with E-state index in [-0.39, 0.29) is 11.8 Å². The fraction of sp³-hybridized carbons (Fsp3) is 0.375. The Morgan fingerprint density at radius 3 is 2.29 bits per heavy atom. The Bertz CT molecular complexity index is 649. The SMILES string of the molecule is O=C1C2=C(CCCC2)C(=O)N1c1cccc2c1OCCO2. The maximum absolute atomic E-state index is 12.6. The zero-order valence-corrected chi connectivity index (χ0v) is 11.6. The third-order valence-corrected chi connectivity index (χ3v) is 4.18. The normalized spacial score (nSPS) is 20.9. The van der Waals surface area contributed by atoms with Gasteiger partial charge in [0.1, 0.15) is 13.2 Å². The molecule has 0 bridgehead atoms. The fourth-order valence-corrected chi connectivity index (χ4v) is 3.19. The van der Waals surface area contributed by atoms with Crippen LogP contribution in [0.3, 0.4) is 0 Å². The molecular weight excluding hydrogens is 270 g/mol. The number of amides is 2. The summed E-state index contributed by atoms with van der Waals surface area (Å²) < 4.78 is 11.2. The second-order valence-corrected chi connectivity index (χ2v) is 5.41. The van der Waals surface area contributed by atoms with Gasteiger partial charge in [0.15, 0.2) is 11.5 Å². The quantitative estimate of drug-likeness (QED) is 0.742. The van der Waals surface area contributed by atoms with Crippen molar-refractivity contribution in [3.05, 3.63) is 29.3 Å². The van der Waals surface area contributed by atoms with Crippen molar-refractivity contribution in [3.63, 3.8) is 0 Å². The van der Waals surface area contributed by atoms with Crippen LogP contribution in [-0.2, 0) is 9.59 Å². The second kappa shape index (κ2) is 4.62. The van der Waals surface area contributed by atoms with Crippen molar-refractivity contribution in [2.75, 3.05) is 18.1 Å². The largest absolute Gasteiger partial charge is 0.486 e. The molecule has 1 aliphatic carbocycles. The molecule has 0 aromatic heterocycles. The molecule has 1 aromatic carbocycles. The van der Waals surface area contributed by atoms with Gasteiger partial charge in [0.25, 0.3) is 11.8 Å². The number of rotatable bonds is 1. The molecule has 1 aromatic rings. The van der Waals surface area contributed by atoms with E-state index in [0.29, 0.717) is 54.4 Å². The minimum atomic E-state index is -0.197. The highest BCUT2D eigenvalue weighted by Gasteiger charge is 2.41. The Labute approximate surface area is 122 Å². The van der Waals surface area contributed by atoms with Crippen LogP contribution in [-0.4, -0.2) is 25.0 Å². The lowest BCUT2D eigenvalue weighted by Crippen LogP contribution is -2.32. The van der Waals surface area contributed by atoms with Crippen molar-refractivity contribution in [1.82, 2.24) is 0 Å². The van der Waals surface area contributed by atoms with Crippen LogP contribution in [0.2, 0.25) is 0 Å². The van der Waals surface area contributed by atoms with Crippen LogP contribution in [0.5, 0.6) is 11.5 Å². The van der Waals surface area contributed by atoms with Crippen molar-refractivity contribution in [2.45, 2.75) is 25.7 Å². The van der Waals surface area contributed by atoms with Crippen molar-refractivity contribution in [1.29, 1.82) is 0 Å². The van der Waals surface area contributed by atoms with E-state index in [2.05, 4.69) is 0 Å². The maximum Gasteiger partial charge on any atom is 0.261 e. The molecule has 4 rings (SSSR count). The molecule has 0 spiro atoms. The van der Waals surface area contributed by atoms with Crippen molar-refractivity contribution >= 4 is 17.5 Å². The van der Waals surface area contributed by atoms with Crippen LogP contribution in [0.4, 0.5) is 5.69 Å². The summed E-state index contributed by atoms with van der Waals surface area (Å²) >= 11 is 0. The second-order valence-electron chi connectivity index (χ2n) is 5.41. The number of carbonyl (C=O) groups is 2. The Balaban J connectivity index is 1.79. The molecule has 0 atom stereocenters. The van der Waals surface area contributed by atoms with E-state index in [9.17, 15) is 9.59 Å². The number of ether oxygens (including phenoxy) is 2. The molecule has 2 heterocycles. The highest BCUT2D eigenvalue weighted by atomic mass is 16.6. The molecule has 2 amide bonds. The van der Waals surface area contributed by atoms with Crippen LogP contribution in [0.1, 0.15) is 25.7 Å². The third-order valence-electron chi connectivity index (χ3n) is 4.18. The molecule has 0 saturated heterocycles. The molecule has 0 radical (unpaired) electrons. The Morgan fingerprint density at radius 2 is 1.57 bits per heavy atom. The number of hydrogen-bond donors (Lipinski definition) is 0. The highest BCUT2D eigenvalue weighted by molar-refractivity contribution is 6.33. The molecule has 0 N–H and O–H groups in total. The van der Waals surface area contributed by atoms with Crippen LogP contribution >= 0.6 is 0 Å². The number of carbonyl (C=O) groups excluding carboxylic acids is 2. The average molecular weight is 285 g/mol. The average Bonchev–Trinajstić information content (AvgIpc) is 2.79. The number of anilines is 1. The molecule has 3 aliphatic rings. The van der Waals surface area contributed by atoms with Gasteiger partial charge in [-0.2, -0.15) is 0 Å². The van der Waals surface area contributed by atoms with Gasteiger partial charge in [-0.25, -0.2) is 4.90 Å². The summed E-state index contributed by atoms with van der Waals surface area (Å²) in [5, 5.41) is 0. The van der Waals surface area contributed by atoms with E-state index < -0.39 is 0 Å². The molecule has 108 valence electrons. The third kappa shape index (κ3) is 1.77. The zero-order chi connectivity index (χ0) is 14.4. The highest BCUT2D eigenvalue weighted by Crippen LogP contribution is 2.43. The zero-order valence-electron chi connectivity index (χ0n) is 11.6. The minimum Gasteiger partial charge on any atom is -0.486 e. The lowest BCUT2D eigenvalue weighted by Gasteiger charge is -2.24. The first-order chi connectivity index (χ1) is 10.3. The van der Waals surface area contributed by atoms with Gasteiger partial charge >= 0.3 is 0 Å². The van der Waals surface area contributed by atoms with Gasteiger partial charge in [0.05, 0.1) is 5.69 Å². The summed E-state index contributed by atoms with van der Waals surface area (Å²) in [6, 6.07) is 5.30. The van der Waals surface area contributed by atoms with Crippen LogP contribution in [0.15, 0.2) is 29.3 Å². The summed E-state index contributed by atoms with van der Waals surface area (Å²) in [5.41, 5.74) is 1.86. The molecule has 0 unspecified atom stereocenters. The summed E-state index contributed by atoms with van der Waals surface area (Å²) in [6.07, 6.45) is 3.34. The monoisotopic (exact) mass is 285 g/mol. The maximum atomic E-state index is 12.6. The Morgan fingerprint density at radius 1 is 0.905 bits per heavy atom. The predicted molar refractivity (Wildman–Crippen MR) is 75.4 cm³/mol. The Hall–Kier alpha value is -2.30. The molecule has 2 aliphatic heterocycles. The first-order valence-electron chi connectivity index (χ1n) is 7.27. The van der Waals surface area contributed by atoms with Gasteiger partial charge < -0.3 is 9.47 Å². The van der Waals surface area contributed by atoms with Crippen molar-refractivity contribution < 1.29 is 19.1 Å². The molecule has 5 heteroatoms. The van der Waals surface area contributed by atoms with Crippen LogP contribution in [0, 0.1) is 0 Å². The van der Waals surface area contributed by atoms with E-state index in [1.165, 1.54) is 4.90 Å². The van der Waals surface area contributed by atoms with Crippen LogP contribution < -0.4 is 14.4 Å². The summed E-state index contributed by atoms with van der Waals surface area (Å²) in [7, 11) is 0. The van der Waals surface area contributed by atoms with Gasteiger partial charge in [0, 0.05) is 11.1 Å². The number of fused-ring (bicyclic) bond motifs is 1. The molecular formula is C16H15NO4. The van der Waals surface area contributed by atoms with E-state index in [0.717, 1.165) is 12.8 Å². The van der Waals surface area contributed by atoms with E-state index in [1.807, 2.05) is 0 Å². The summed E-state index contributed by atoms with van der Waals surface area (Å²) in [4.78, 5) is 26.4. The van der Waals surface area contributed by atoms with Gasteiger partial charge in [-0.3, -0.25) is 9.59 Å². The van der Waals surface area contributed by atoms with Gasteiger partial charge in [-0.15, -0.1) is 0 Å². The molecule has 5 nitrogen and oxygen atoms in total.